The highest BCUT2D eigenvalue weighted by atomic mass is 32.1. The van der Waals surface area contributed by atoms with Gasteiger partial charge in [-0.25, -0.2) is 0 Å². The molecule has 0 radical (unpaired) electrons. The van der Waals surface area contributed by atoms with Crippen molar-refractivity contribution in [2.75, 3.05) is 11.1 Å². The Morgan fingerprint density at radius 1 is 1.35 bits per heavy atom. The van der Waals surface area contributed by atoms with Crippen LogP contribution in [0.4, 0.5) is 17.2 Å². The zero-order valence-corrected chi connectivity index (χ0v) is 10.2. The van der Waals surface area contributed by atoms with Crippen LogP contribution in [-0.4, -0.2) is 9.78 Å². The average Bonchev–Trinajstić information content (AvgIpc) is 2.85. The molecule has 0 atom stereocenters. The predicted molar refractivity (Wildman–Crippen MR) is 72.7 cm³/mol. The minimum absolute atomic E-state index is 0.651. The molecule has 0 saturated carbocycles. The second-order valence-corrected chi connectivity index (χ2v) is 4.85. The second-order valence-electron chi connectivity index (χ2n) is 3.90. The van der Waals surface area contributed by atoms with Crippen LogP contribution >= 0.6 is 11.3 Å². The molecule has 0 bridgehead atoms. The van der Waals surface area contributed by atoms with Crippen molar-refractivity contribution in [3.05, 3.63) is 35.8 Å². The Kier molecular flexibility index (Phi) is 2.26. The SMILES string of the molecule is Cn1cc(N)c(Nc2ccc3sccc3c2)n1. The maximum Gasteiger partial charge on any atom is 0.175 e. The van der Waals surface area contributed by atoms with Gasteiger partial charge in [0, 0.05) is 23.6 Å². The molecule has 0 amide bonds. The van der Waals surface area contributed by atoms with Gasteiger partial charge in [-0.15, -0.1) is 11.3 Å². The molecule has 0 spiro atoms. The molecule has 0 fully saturated rings. The summed E-state index contributed by atoms with van der Waals surface area (Å²) in [5.74, 6) is 0.696. The van der Waals surface area contributed by atoms with Crippen LogP contribution < -0.4 is 11.1 Å². The first-order valence-electron chi connectivity index (χ1n) is 5.26. The van der Waals surface area contributed by atoms with Gasteiger partial charge in [-0.3, -0.25) is 4.68 Å². The standard InChI is InChI=1S/C12H12N4S/c1-16-7-10(13)12(15-16)14-9-2-3-11-8(6-9)4-5-17-11/h2-7H,13H2,1H3,(H,14,15). The molecular weight excluding hydrogens is 232 g/mol. The molecular formula is C12H12N4S. The highest BCUT2D eigenvalue weighted by Crippen LogP contribution is 2.27. The number of aryl methyl sites for hydroxylation is 1. The van der Waals surface area contributed by atoms with Gasteiger partial charge in [-0.2, -0.15) is 5.10 Å². The lowest BCUT2D eigenvalue weighted by molar-refractivity contribution is 0.771. The van der Waals surface area contributed by atoms with E-state index >= 15 is 0 Å². The van der Waals surface area contributed by atoms with Crippen molar-refractivity contribution in [1.29, 1.82) is 0 Å². The number of hydrogen-bond donors (Lipinski definition) is 2. The molecule has 2 aromatic heterocycles. The van der Waals surface area contributed by atoms with Gasteiger partial charge < -0.3 is 11.1 Å². The van der Waals surface area contributed by atoms with Gasteiger partial charge in [0.2, 0.25) is 0 Å². The lowest BCUT2D eigenvalue weighted by Crippen LogP contribution is -1.95. The van der Waals surface area contributed by atoms with Crippen molar-refractivity contribution < 1.29 is 0 Å². The van der Waals surface area contributed by atoms with Crippen LogP contribution in [0.15, 0.2) is 35.8 Å². The van der Waals surface area contributed by atoms with Crippen molar-refractivity contribution in [2.24, 2.45) is 7.05 Å². The first-order chi connectivity index (χ1) is 8.22. The smallest absolute Gasteiger partial charge is 0.175 e. The van der Waals surface area contributed by atoms with Crippen LogP contribution in [0, 0.1) is 0 Å². The molecule has 0 aliphatic rings. The number of fused-ring (bicyclic) bond motifs is 1. The Morgan fingerprint density at radius 2 is 2.24 bits per heavy atom. The van der Waals surface area contributed by atoms with E-state index in [0.29, 0.717) is 11.5 Å². The monoisotopic (exact) mass is 244 g/mol. The molecule has 2 heterocycles. The zero-order valence-electron chi connectivity index (χ0n) is 9.34. The van der Waals surface area contributed by atoms with Gasteiger partial charge >= 0.3 is 0 Å². The van der Waals surface area contributed by atoms with Gasteiger partial charge in [-0.1, -0.05) is 0 Å². The molecule has 17 heavy (non-hydrogen) atoms. The van der Waals surface area contributed by atoms with E-state index < -0.39 is 0 Å². The first kappa shape index (κ1) is 10.2. The third-order valence-corrected chi connectivity index (χ3v) is 3.47. The summed E-state index contributed by atoms with van der Waals surface area (Å²) < 4.78 is 2.98. The molecule has 0 aliphatic heterocycles. The molecule has 3 aromatic rings. The van der Waals surface area contributed by atoms with E-state index in [1.807, 2.05) is 13.1 Å². The molecule has 4 nitrogen and oxygen atoms in total. The lowest BCUT2D eigenvalue weighted by atomic mass is 10.2. The van der Waals surface area contributed by atoms with Gasteiger partial charge in [0.15, 0.2) is 5.82 Å². The lowest BCUT2D eigenvalue weighted by Gasteiger charge is -2.03. The largest absolute Gasteiger partial charge is 0.394 e. The van der Waals surface area contributed by atoms with E-state index in [2.05, 4.69) is 34.0 Å². The third-order valence-electron chi connectivity index (χ3n) is 2.57. The topological polar surface area (TPSA) is 55.9 Å². The predicted octanol–water partition coefficient (Wildman–Crippen LogP) is 2.96. The number of thiophene rings is 1. The molecule has 0 aliphatic carbocycles. The molecule has 5 heteroatoms. The van der Waals surface area contributed by atoms with Crippen LogP contribution in [0.3, 0.4) is 0 Å². The Morgan fingerprint density at radius 3 is 3.00 bits per heavy atom. The molecule has 1 aromatic carbocycles. The quantitative estimate of drug-likeness (QED) is 0.728. The van der Waals surface area contributed by atoms with E-state index in [0.717, 1.165) is 5.69 Å². The number of hydrogen-bond acceptors (Lipinski definition) is 4. The minimum atomic E-state index is 0.651. The fourth-order valence-electron chi connectivity index (χ4n) is 1.79. The minimum Gasteiger partial charge on any atom is -0.394 e. The van der Waals surface area contributed by atoms with Crippen LogP contribution in [0.2, 0.25) is 0 Å². The van der Waals surface area contributed by atoms with E-state index in [-0.39, 0.29) is 0 Å². The summed E-state index contributed by atoms with van der Waals surface area (Å²) in [4.78, 5) is 0. The molecule has 0 unspecified atom stereocenters. The van der Waals surface area contributed by atoms with Crippen molar-refractivity contribution in [3.8, 4) is 0 Å². The molecule has 3 N–H and O–H groups in total. The average molecular weight is 244 g/mol. The Bertz CT molecular complexity index is 668. The fraction of sp³-hybridized carbons (Fsp3) is 0.0833. The first-order valence-corrected chi connectivity index (χ1v) is 6.14. The molecule has 0 saturated heterocycles. The second kappa shape index (κ2) is 3.78. The van der Waals surface area contributed by atoms with Gasteiger partial charge in [0.25, 0.3) is 0 Å². The highest BCUT2D eigenvalue weighted by Gasteiger charge is 2.04. The van der Waals surface area contributed by atoms with E-state index in [4.69, 9.17) is 5.73 Å². The number of aromatic nitrogens is 2. The van der Waals surface area contributed by atoms with E-state index in [9.17, 15) is 0 Å². The number of anilines is 3. The summed E-state index contributed by atoms with van der Waals surface area (Å²) in [7, 11) is 1.85. The summed E-state index contributed by atoms with van der Waals surface area (Å²) in [6, 6.07) is 8.33. The number of nitrogens with one attached hydrogen (secondary N) is 1. The van der Waals surface area contributed by atoms with Gasteiger partial charge in [-0.05, 0) is 35.0 Å². The fourth-order valence-corrected chi connectivity index (χ4v) is 2.56. The van der Waals surface area contributed by atoms with E-state index in [1.165, 1.54) is 10.1 Å². The summed E-state index contributed by atoms with van der Waals surface area (Å²) >= 11 is 1.74. The van der Waals surface area contributed by atoms with Crippen LogP contribution in [0.25, 0.3) is 10.1 Å². The Labute approximate surface area is 103 Å². The third kappa shape index (κ3) is 1.85. The Hall–Kier alpha value is -2.01. The maximum absolute atomic E-state index is 5.84. The Balaban J connectivity index is 1.96. The number of nitrogen functional groups attached to an aromatic ring is 1. The normalized spacial score (nSPS) is 10.9. The zero-order chi connectivity index (χ0) is 11.8. The van der Waals surface area contributed by atoms with E-state index in [1.54, 1.807) is 22.2 Å². The van der Waals surface area contributed by atoms with Gasteiger partial charge in [0.05, 0.1) is 5.69 Å². The van der Waals surface area contributed by atoms with Crippen LogP contribution in [0.5, 0.6) is 0 Å². The maximum atomic E-state index is 5.84. The van der Waals surface area contributed by atoms with Crippen molar-refractivity contribution in [2.45, 2.75) is 0 Å². The van der Waals surface area contributed by atoms with Gasteiger partial charge in [0.1, 0.15) is 0 Å². The number of nitrogens with zero attached hydrogens (tertiary/aromatic N) is 2. The highest BCUT2D eigenvalue weighted by molar-refractivity contribution is 7.17. The van der Waals surface area contributed by atoms with Crippen molar-refractivity contribution >= 4 is 38.6 Å². The van der Waals surface area contributed by atoms with Crippen LogP contribution in [-0.2, 0) is 7.05 Å². The van der Waals surface area contributed by atoms with Crippen molar-refractivity contribution in [3.63, 3.8) is 0 Å². The van der Waals surface area contributed by atoms with Crippen LogP contribution in [0.1, 0.15) is 0 Å². The number of rotatable bonds is 2. The summed E-state index contributed by atoms with van der Waals surface area (Å²) in [5, 5.41) is 10.8. The van der Waals surface area contributed by atoms with Crippen molar-refractivity contribution in [1.82, 2.24) is 9.78 Å². The summed E-state index contributed by atoms with van der Waals surface area (Å²) in [6.07, 6.45) is 1.78. The molecule has 3 rings (SSSR count). The number of benzene rings is 1. The molecule has 86 valence electrons. The number of nitrogens with two attached hydrogens (primary N) is 1. The summed E-state index contributed by atoms with van der Waals surface area (Å²) in [6.45, 7) is 0. The summed E-state index contributed by atoms with van der Waals surface area (Å²) in [5.41, 5.74) is 7.49.